The van der Waals surface area contributed by atoms with E-state index >= 15 is 0 Å². The summed E-state index contributed by atoms with van der Waals surface area (Å²) in [5, 5.41) is 18.6. The Bertz CT molecular complexity index is 1080. The van der Waals surface area contributed by atoms with Gasteiger partial charge in [-0.15, -0.1) is 0 Å². The normalized spacial score (nSPS) is 17.8. The number of thiocarbonyl (C=S) groups is 1. The number of pyridine rings is 1. The van der Waals surface area contributed by atoms with Crippen molar-refractivity contribution in [2.45, 2.75) is 52.5 Å². The second-order valence-electron chi connectivity index (χ2n) is 7.83. The summed E-state index contributed by atoms with van der Waals surface area (Å²) in [4.78, 5) is 40.9. The van der Waals surface area contributed by atoms with Crippen LogP contribution in [-0.4, -0.2) is 50.4 Å². The number of nitrogens with zero attached hydrogens (tertiary/aromatic N) is 4. The van der Waals surface area contributed by atoms with Crippen molar-refractivity contribution in [1.82, 2.24) is 9.47 Å². The summed E-state index contributed by atoms with van der Waals surface area (Å²) < 4.78 is 1.97. The third-order valence-corrected chi connectivity index (χ3v) is 7.03. The predicted octanol–water partition coefficient (Wildman–Crippen LogP) is 3.10. The molecule has 1 aromatic rings. The van der Waals surface area contributed by atoms with Crippen LogP contribution in [0.2, 0.25) is 0 Å². The molecule has 10 heteroatoms. The second kappa shape index (κ2) is 10.3. The van der Waals surface area contributed by atoms with Crippen LogP contribution in [0.25, 0.3) is 6.08 Å². The number of thioether (sulfide) groups is 1. The van der Waals surface area contributed by atoms with Gasteiger partial charge in [0, 0.05) is 31.7 Å². The van der Waals surface area contributed by atoms with Gasteiger partial charge in [-0.2, -0.15) is 5.26 Å². The van der Waals surface area contributed by atoms with Crippen LogP contribution in [-0.2, 0) is 16.1 Å². The number of carbonyl (C=O) groups excluding carboxylic acids is 1. The summed E-state index contributed by atoms with van der Waals surface area (Å²) in [5.74, 6) is -0.614. The van der Waals surface area contributed by atoms with Crippen molar-refractivity contribution in [2.75, 3.05) is 24.5 Å². The average molecular weight is 475 g/mol. The largest absolute Gasteiger partial charge is 0.481 e. The fourth-order valence-electron chi connectivity index (χ4n) is 4.05. The van der Waals surface area contributed by atoms with E-state index in [0.717, 1.165) is 56.4 Å². The van der Waals surface area contributed by atoms with Gasteiger partial charge in [0.2, 0.25) is 0 Å². The fourth-order valence-corrected chi connectivity index (χ4v) is 5.34. The number of nitriles is 1. The molecule has 0 spiro atoms. The highest BCUT2D eigenvalue weighted by molar-refractivity contribution is 8.26. The maximum absolute atomic E-state index is 13.1. The van der Waals surface area contributed by atoms with Crippen LogP contribution in [0.1, 0.15) is 55.7 Å². The number of rotatable bonds is 7. The first-order valence-electron chi connectivity index (χ1n) is 10.7. The maximum atomic E-state index is 13.1. The van der Waals surface area contributed by atoms with Crippen molar-refractivity contribution < 1.29 is 14.7 Å². The molecule has 0 unspecified atom stereocenters. The van der Waals surface area contributed by atoms with E-state index in [1.807, 2.05) is 13.0 Å². The minimum atomic E-state index is -1.00. The summed E-state index contributed by atoms with van der Waals surface area (Å²) >= 11 is 6.42. The summed E-state index contributed by atoms with van der Waals surface area (Å²) in [6, 6.07) is 2.05. The summed E-state index contributed by atoms with van der Waals surface area (Å²) in [7, 11) is 0. The van der Waals surface area contributed by atoms with E-state index in [1.54, 1.807) is 17.6 Å². The predicted molar refractivity (Wildman–Crippen MR) is 129 cm³/mol. The molecule has 32 heavy (non-hydrogen) atoms. The molecule has 0 bridgehead atoms. The van der Waals surface area contributed by atoms with Crippen LogP contribution in [0, 0.1) is 18.3 Å². The van der Waals surface area contributed by atoms with Crippen LogP contribution >= 0.6 is 24.0 Å². The van der Waals surface area contributed by atoms with Gasteiger partial charge in [0.1, 0.15) is 21.8 Å². The van der Waals surface area contributed by atoms with E-state index in [9.17, 15) is 19.6 Å². The van der Waals surface area contributed by atoms with Gasteiger partial charge in [-0.3, -0.25) is 23.9 Å². The maximum Gasteiger partial charge on any atom is 0.305 e. The van der Waals surface area contributed by atoms with Crippen molar-refractivity contribution in [1.29, 1.82) is 5.26 Å². The molecule has 8 nitrogen and oxygen atoms in total. The molecule has 0 atom stereocenters. The number of piperidine rings is 1. The first-order chi connectivity index (χ1) is 15.3. The van der Waals surface area contributed by atoms with Gasteiger partial charge in [0.15, 0.2) is 0 Å². The summed E-state index contributed by atoms with van der Waals surface area (Å²) in [6.07, 6.45) is 5.39. The van der Waals surface area contributed by atoms with Gasteiger partial charge >= 0.3 is 5.97 Å². The van der Waals surface area contributed by atoms with Crippen molar-refractivity contribution in [3.05, 3.63) is 31.9 Å². The first kappa shape index (κ1) is 24.0. The monoisotopic (exact) mass is 474 g/mol. The highest BCUT2D eigenvalue weighted by Crippen LogP contribution is 2.36. The zero-order valence-corrected chi connectivity index (χ0v) is 19.9. The lowest BCUT2D eigenvalue weighted by atomic mass is 10.0. The number of aromatic nitrogens is 1. The molecule has 1 amide bonds. The second-order valence-corrected chi connectivity index (χ2v) is 9.51. The third kappa shape index (κ3) is 4.74. The van der Waals surface area contributed by atoms with Crippen LogP contribution in [0.3, 0.4) is 0 Å². The molecule has 3 rings (SSSR count). The van der Waals surface area contributed by atoms with Crippen molar-refractivity contribution in [3.8, 4) is 6.07 Å². The molecule has 2 aliphatic rings. The molecular weight excluding hydrogens is 448 g/mol. The molecule has 0 aromatic carbocycles. The standard InChI is InChI=1S/C22H26N4O4S2/c1-3-8-25-19(24-9-5-4-6-10-24)15(14(2)16(13-23)20(25)29)12-17-21(30)26(22(31)32-17)11-7-18(27)28/h12H,3-11H2,1-2H3,(H,27,28). The van der Waals surface area contributed by atoms with E-state index in [0.29, 0.717) is 26.9 Å². The number of anilines is 1. The van der Waals surface area contributed by atoms with E-state index in [1.165, 1.54) is 4.90 Å². The number of carboxylic acids is 1. The molecule has 3 heterocycles. The first-order valence-corrected chi connectivity index (χ1v) is 11.9. The van der Waals surface area contributed by atoms with Crippen LogP contribution in [0.15, 0.2) is 9.70 Å². The SMILES string of the molecule is CCCn1c(N2CCCCC2)c(C=C2SC(=S)N(CCC(=O)O)C2=O)c(C)c(C#N)c1=O. The number of hydrogen-bond donors (Lipinski definition) is 1. The van der Waals surface area contributed by atoms with Crippen LogP contribution in [0.5, 0.6) is 0 Å². The smallest absolute Gasteiger partial charge is 0.305 e. The van der Waals surface area contributed by atoms with Crippen molar-refractivity contribution >= 4 is 52.1 Å². The molecule has 0 radical (unpaired) electrons. The van der Waals surface area contributed by atoms with E-state index in [4.69, 9.17) is 17.3 Å². The zero-order valence-electron chi connectivity index (χ0n) is 18.2. The lowest BCUT2D eigenvalue weighted by molar-refractivity contribution is -0.137. The number of carboxylic acid groups (broad SMARTS) is 1. The van der Waals surface area contributed by atoms with Crippen molar-refractivity contribution in [2.24, 2.45) is 0 Å². The van der Waals surface area contributed by atoms with Gasteiger partial charge in [0.25, 0.3) is 11.5 Å². The Morgan fingerprint density at radius 1 is 1.25 bits per heavy atom. The van der Waals surface area contributed by atoms with E-state index in [-0.39, 0.29) is 30.0 Å². The molecule has 2 aliphatic heterocycles. The Hall–Kier alpha value is -2.64. The zero-order chi connectivity index (χ0) is 23.4. The third-order valence-electron chi connectivity index (χ3n) is 5.65. The highest BCUT2D eigenvalue weighted by atomic mass is 32.2. The lowest BCUT2D eigenvalue weighted by Gasteiger charge is -2.33. The van der Waals surface area contributed by atoms with Crippen molar-refractivity contribution in [3.63, 3.8) is 0 Å². The minimum Gasteiger partial charge on any atom is -0.481 e. The Labute approximate surface area is 196 Å². The Morgan fingerprint density at radius 2 is 1.94 bits per heavy atom. The number of carbonyl (C=O) groups is 2. The number of amides is 1. The lowest BCUT2D eigenvalue weighted by Crippen LogP contribution is -2.37. The number of aliphatic carboxylic acids is 1. The van der Waals surface area contributed by atoms with E-state index in [2.05, 4.69) is 4.90 Å². The quantitative estimate of drug-likeness (QED) is 0.475. The molecule has 0 aliphatic carbocycles. The van der Waals surface area contributed by atoms with Gasteiger partial charge in [0.05, 0.1) is 11.3 Å². The molecule has 2 saturated heterocycles. The number of hydrogen-bond acceptors (Lipinski definition) is 7. The molecular formula is C22H26N4O4S2. The molecule has 1 N–H and O–H groups in total. The Balaban J connectivity index is 2.16. The van der Waals surface area contributed by atoms with E-state index < -0.39 is 5.97 Å². The minimum absolute atomic E-state index is 0.00802. The van der Waals surface area contributed by atoms with Crippen LogP contribution < -0.4 is 10.5 Å². The average Bonchev–Trinajstić information content (AvgIpc) is 3.03. The molecule has 170 valence electrons. The van der Waals surface area contributed by atoms with Gasteiger partial charge in [-0.25, -0.2) is 0 Å². The summed E-state index contributed by atoms with van der Waals surface area (Å²) in [6.45, 7) is 5.80. The molecule has 1 aromatic heterocycles. The summed E-state index contributed by atoms with van der Waals surface area (Å²) in [5.41, 5.74) is 0.988. The Kier molecular flexibility index (Phi) is 7.74. The fraction of sp³-hybridized carbons (Fsp3) is 0.500. The Morgan fingerprint density at radius 3 is 2.53 bits per heavy atom. The molecule has 0 saturated carbocycles. The topological polar surface area (TPSA) is 107 Å². The van der Waals surface area contributed by atoms with Gasteiger partial charge in [-0.05, 0) is 44.2 Å². The van der Waals surface area contributed by atoms with Crippen LogP contribution in [0.4, 0.5) is 5.82 Å². The highest BCUT2D eigenvalue weighted by Gasteiger charge is 2.33. The van der Waals surface area contributed by atoms with Gasteiger partial charge in [-0.1, -0.05) is 30.9 Å². The molecule has 2 fully saturated rings. The van der Waals surface area contributed by atoms with Gasteiger partial charge < -0.3 is 10.0 Å².